The van der Waals surface area contributed by atoms with Crippen LogP contribution in [0.2, 0.25) is 0 Å². The van der Waals surface area contributed by atoms with Crippen LogP contribution in [0, 0.1) is 6.92 Å². The number of pyridine rings is 1. The van der Waals surface area contributed by atoms with Gasteiger partial charge in [-0.25, -0.2) is 9.98 Å². The Morgan fingerprint density at radius 2 is 2.09 bits per heavy atom. The van der Waals surface area contributed by atoms with Crippen LogP contribution in [0.1, 0.15) is 35.1 Å². The molecular weight excluding hydrogens is 421 g/mol. The Morgan fingerprint density at radius 3 is 2.74 bits per heavy atom. The van der Waals surface area contributed by atoms with E-state index >= 15 is 0 Å². The normalized spacial score (nSPS) is 11.0. The van der Waals surface area contributed by atoms with E-state index in [1.54, 1.807) is 11.3 Å². The van der Waals surface area contributed by atoms with Gasteiger partial charge in [-0.1, -0.05) is 13.0 Å². The molecule has 2 rings (SSSR count). The molecule has 23 heavy (non-hydrogen) atoms. The Balaban J connectivity index is 0.00000264. The molecule has 0 aliphatic carbocycles. The first-order valence-electron chi connectivity index (χ1n) is 7.59. The molecule has 0 saturated heterocycles. The van der Waals surface area contributed by atoms with Gasteiger partial charge in [-0.15, -0.1) is 35.3 Å². The van der Waals surface area contributed by atoms with Crippen LogP contribution in [0.5, 0.6) is 0 Å². The summed E-state index contributed by atoms with van der Waals surface area (Å²) in [6.45, 7) is 8.27. The molecule has 2 aromatic heterocycles. The SMILES string of the molecule is CCNC(=NCc1cccc(C)n1)NCc1ncc(CC)s1.I. The second kappa shape index (κ2) is 10.5. The summed E-state index contributed by atoms with van der Waals surface area (Å²) >= 11 is 1.74. The molecular formula is C16H24IN5S. The molecule has 5 nitrogen and oxygen atoms in total. The average Bonchev–Trinajstić information content (AvgIpc) is 2.98. The van der Waals surface area contributed by atoms with Crippen LogP contribution in [0.4, 0.5) is 0 Å². The summed E-state index contributed by atoms with van der Waals surface area (Å²) in [7, 11) is 0. The lowest BCUT2D eigenvalue weighted by molar-refractivity contribution is 0.807. The lowest BCUT2D eigenvalue weighted by atomic mass is 10.3. The van der Waals surface area contributed by atoms with Gasteiger partial charge in [0.15, 0.2) is 5.96 Å². The predicted molar refractivity (Wildman–Crippen MR) is 108 cm³/mol. The van der Waals surface area contributed by atoms with Crippen molar-refractivity contribution in [3.63, 3.8) is 0 Å². The number of nitrogens with zero attached hydrogens (tertiary/aromatic N) is 3. The Labute approximate surface area is 159 Å². The van der Waals surface area contributed by atoms with Crippen molar-refractivity contribution in [2.24, 2.45) is 4.99 Å². The Kier molecular flexibility index (Phi) is 9.08. The molecule has 0 atom stereocenters. The van der Waals surface area contributed by atoms with Crippen molar-refractivity contribution in [3.8, 4) is 0 Å². The molecule has 0 bridgehead atoms. The van der Waals surface area contributed by atoms with Crippen molar-refractivity contribution in [3.05, 3.63) is 45.7 Å². The highest BCUT2D eigenvalue weighted by atomic mass is 127. The minimum Gasteiger partial charge on any atom is -0.357 e. The highest BCUT2D eigenvalue weighted by Crippen LogP contribution is 2.12. The number of rotatable bonds is 6. The van der Waals surface area contributed by atoms with Gasteiger partial charge in [0.2, 0.25) is 0 Å². The smallest absolute Gasteiger partial charge is 0.191 e. The van der Waals surface area contributed by atoms with Crippen LogP contribution in [-0.4, -0.2) is 22.5 Å². The number of aromatic nitrogens is 2. The van der Waals surface area contributed by atoms with Gasteiger partial charge in [0.25, 0.3) is 0 Å². The van der Waals surface area contributed by atoms with Gasteiger partial charge in [-0.3, -0.25) is 4.98 Å². The zero-order chi connectivity index (χ0) is 15.8. The van der Waals surface area contributed by atoms with Crippen molar-refractivity contribution in [1.82, 2.24) is 20.6 Å². The highest BCUT2D eigenvalue weighted by molar-refractivity contribution is 14.0. The zero-order valence-electron chi connectivity index (χ0n) is 13.8. The lowest BCUT2D eigenvalue weighted by Gasteiger charge is -2.10. The number of nitrogens with one attached hydrogen (secondary N) is 2. The monoisotopic (exact) mass is 445 g/mol. The molecule has 2 N–H and O–H groups in total. The minimum absolute atomic E-state index is 0. The lowest BCUT2D eigenvalue weighted by Crippen LogP contribution is -2.36. The minimum atomic E-state index is 0. The molecule has 2 heterocycles. The van der Waals surface area contributed by atoms with Gasteiger partial charge < -0.3 is 10.6 Å². The molecule has 0 saturated carbocycles. The summed E-state index contributed by atoms with van der Waals surface area (Å²) in [6, 6.07) is 5.99. The van der Waals surface area contributed by atoms with E-state index in [-0.39, 0.29) is 24.0 Å². The average molecular weight is 445 g/mol. The molecule has 7 heteroatoms. The second-order valence-electron chi connectivity index (χ2n) is 4.89. The first-order chi connectivity index (χ1) is 10.7. The molecule has 0 aliphatic rings. The largest absolute Gasteiger partial charge is 0.357 e. The van der Waals surface area contributed by atoms with Gasteiger partial charge in [0.1, 0.15) is 5.01 Å². The molecule has 0 aromatic carbocycles. The fraction of sp³-hybridized carbons (Fsp3) is 0.438. The van der Waals surface area contributed by atoms with E-state index in [4.69, 9.17) is 0 Å². The van der Waals surface area contributed by atoms with E-state index in [0.29, 0.717) is 13.1 Å². The fourth-order valence-corrected chi connectivity index (χ4v) is 2.74. The second-order valence-corrected chi connectivity index (χ2v) is 6.09. The van der Waals surface area contributed by atoms with Gasteiger partial charge in [-0.05, 0) is 32.4 Å². The van der Waals surface area contributed by atoms with E-state index in [1.807, 2.05) is 31.3 Å². The summed E-state index contributed by atoms with van der Waals surface area (Å²) in [6.07, 6.45) is 2.98. The van der Waals surface area contributed by atoms with E-state index in [2.05, 4.69) is 39.4 Å². The quantitative estimate of drug-likeness (QED) is 0.407. The van der Waals surface area contributed by atoms with Crippen LogP contribution in [0.3, 0.4) is 0 Å². The molecule has 2 aromatic rings. The standard InChI is InChI=1S/C16H23N5S.HI/c1-4-14-10-18-15(22-14)11-20-16(17-5-2)19-9-13-8-6-7-12(3)21-13;/h6-8,10H,4-5,9,11H2,1-3H3,(H2,17,19,20);1H. The third kappa shape index (κ3) is 6.82. The van der Waals surface area contributed by atoms with E-state index in [9.17, 15) is 0 Å². The summed E-state index contributed by atoms with van der Waals surface area (Å²) < 4.78 is 0. The number of hydrogen-bond acceptors (Lipinski definition) is 4. The molecule has 126 valence electrons. The van der Waals surface area contributed by atoms with Crippen LogP contribution >= 0.6 is 35.3 Å². The Bertz CT molecular complexity index is 626. The van der Waals surface area contributed by atoms with Crippen LogP contribution in [0.15, 0.2) is 29.4 Å². The van der Waals surface area contributed by atoms with E-state index in [0.717, 1.165) is 35.3 Å². The Hall–Kier alpha value is -1.22. The molecule has 0 spiro atoms. The maximum Gasteiger partial charge on any atom is 0.191 e. The van der Waals surface area contributed by atoms with Crippen molar-refractivity contribution in [1.29, 1.82) is 0 Å². The highest BCUT2D eigenvalue weighted by Gasteiger charge is 2.03. The number of halogens is 1. The summed E-state index contributed by atoms with van der Waals surface area (Å²) in [5, 5.41) is 7.64. The van der Waals surface area contributed by atoms with Crippen LogP contribution < -0.4 is 10.6 Å². The van der Waals surface area contributed by atoms with E-state index < -0.39 is 0 Å². The Morgan fingerprint density at radius 1 is 1.26 bits per heavy atom. The van der Waals surface area contributed by atoms with Crippen LogP contribution in [0.25, 0.3) is 0 Å². The molecule has 0 unspecified atom stereocenters. The zero-order valence-corrected chi connectivity index (χ0v) is 16.9. The van der Waals surface area contributed by atoms with Gasteiger partial charge in [0.05, 0.1) is 18.8 Å². The number of hydrogen-bond donors (Lipinski definition) is 2. The summed E-state index contributed by atoms with van der Waals surface area (Å²) in [5.41, 5.74) is 1.99. The topological polar surface area (TPSA) is 62.2 Å². The van der Waals surface area contributed by atoms with Gasteiger partial charge in [-0.2, -0.15) is 0 Å². The van der Waals surface area contributed by atoms with Crippen LogP contribution in [-0.2, 0) is 19.5 Å². The molecule has 0 amide bonds. The maximum absolute atomic E-state index is 4.58. The first kappa shape index (κ1) is 19.8. The molecule has 0 aliphatic heterocycles. The third-order valence-electron chi connectivity index (χ3n) is 3.05. The number of aliphatic imine (C=N–C) groups is 1. The number of aryl methyl sites for hydroxylation is 2. The molecule has 0 fully saturated rings. The van der Waals surface area contributed by atoms with Gasteiger partial charge in [0, 0.05) is 23.3 Å². The predicted octanol–water partition coefficient (Wildman–Crippen LogP) is 3.28. The summed E-state index contributed by atoms with van der Waals surface area (Å²) in [4.78, 5) is 14.8. The number of guanidine groups is 1. The first-order valence-corrected chi connectivity index (χ1v) is 8.41. The fourth-order valence-electron chi connectivity index (χ4n) is 1.94. The third-order valence-corrected chi connectivity index (χ3v) is 4.19. The van der Waals surface area contributed by atoms with Crippen molar-refractivity contribution in [2.75, 3.05) is 6.54 Å². The van der Waals surface area contributed by atoms with Crippen molar-refractivity contribution < 1.29 is 0 Å². The van der Waals surface area contributed by atoms with Crippen molar-refractivity contribution in [2.45, 2.75) is 40.3 Å². The summed E-state index contributed by atoms with van der Waals surface area (Å²) in [5.74, 6) is 0.791. The van der Waals surface area contributed by atoms with E-state index in [1.165, 1.54) is 4.88 Å². The number of thiazole rings is 1. The maximum atomic E-state index is 4.58. The molecule has 0 radical (unpaired) electrons. The van der Waals surface area contributed by atoms with Gasteiger partial charge >= 0.3 is 0 Å². The van der Waals surface area contributed by atoms with Crippen molar-refractivity contribution >= 4 is 41.3 Å².